The van der Waals surface area contributed by atoms with E-state index in [2.05, 4.69) is 18.7 Å². The van der Waals surface area contributed by atoms with Gasteiger partial charge in [0.05, 0.1) is 6.54 Å². The summed E-state index contributed by atoms with van der Waals surface area (Å²) in [5.74, 6) is 1.07. The lowest BCUT2D eigenvalue weighted by Gasteiger charge is -2.25. The van der Waals surface area contributed by atoms with Gasteiger partial charge in [-0.2, -0.15) is 0 Å². The maximum atomic E-state index is 12.3. The largest absolute Gasteiger partial charge is 0.293 e. The molecule has 1 fully saturated rings. The number of thioether (sulfide) groups is 1. The normalized spacial score (nSPS) is 15.2. The van der Waals surface area contributed by atoms with E-state index in [1.54, 1.807) is 11.8 Å². The molecular weight excluding hydrogens is 254 g/mol. The Hall–Kier alpha value is -0.800. The van der Waals surface area contributed by atoms with Gasteiger partial charge in [0, 0.05) is 23.0 Å². The third-order valence-electron chi connectivity index (χ3n) is 3.68. The highest BCUT2D eigenvalue weighted by Crippen LogP contribution is 2.30. The maximum absolute atomic E-state index is 12.3. The number of Topliss-reactive ketones (excluding diaryl/α,β-unsaturated/α-hetero) is 1. The fraction of sp³-hybridized carbons (Fsp3) is 0.562. The summed E-state index contributed by atoms with van der Waals surface area (Å²) in [7, 11) is 0. The number of benzene rings is 1. The Morgan fingerprint density at radius 1 is 1.32 bits per heavy atom. The molecule has 1 aliphatic rings. The number of rotatable bonds is 7. The third kappa shape index (κ3) is 4.36. The SMILES string of the molecule is CSc1ccc(C(=O)CN(CC2CC2)C(C)C)cc1. The molecule has 0 bridgehead atoms. The number of ketones is 1. The van der Waals surface area contributed by atoms with E-state index in [4.69, 9.17) is 0 Å². The second kappa shape index (κ2) is 6.58. The Morgan fingerprint density at radius 2 is 1.95 bits per heavy atom. The van der Waals surface area contributed by atoms with E-state index in [-0.39, 0.29) is 5.78 Å². The molecule has 0 aliphatic heterocycles. The molecule has 0 unspecified atom stereocenters. The quantitative estimate of drug-likeness (QED) is 0.560. The van der Waals surface area contributed by atoms with Gasteiger partial charge in [-0.15, -0.1) is 11.8 Å². The minimum absolute atomic E-state index is 0.238. The molecule has 0 heterocycles. The van der Waals surface area contributed by atoms with Crippen LogP contribution < -0.4 is 0 Å². The van der Waals surface area contributed by atoms with Gasteiger partial charge in [0.15, 0.2) is 5.78 Å². The topological polar surface area (TPSA) is 20.3 Å². The van der Waals surface area contributed by atoms with Crippen molar-refractivity contribution < 1.29 is 4.79 Å². The Bertz CT molecular complexity index is 423. The molecule has 0 saturated heterocycles. The van der Waals surface area contributed by atoms with Crippen LogP contribution in [0.5, 0.6) is 0 Å². The zero-order valence-electron chi connectivity index (χ0n) is 12.1. The van der Waals surface area contributed by atoms with Crippen LogP contribution in [0.3, 0.4) is 0 Å². The molecule has 2 rings (SSSR count). The summed E-state index contributed by atoms with van der Waals surface area (Å²) in [5, 5.41) is 0. The van der Waals surface area contributed by atoms with Crippen molar-refractivity contribution in [1.29, 1.82) is 0 Å². The minimum atomic E-state index is 0.238. The van der Waals surface area contributed by atoms with Crippen molar-refractivity contribution in [3.8, 4) is 0 Å². The first-order valence-electron chi connectivity index (χ1n) is 7.01. The number of nitrogens with zero attached hydrogens (tertiary/aromatic N) is 1. The Labute approximate surface area is 120 Å². The summed E-state index contributed by atoms with van der Waals surface area (Å²) in [6.45, 7) is 5.97. The predicted octanol–water partition coefficient (Wildman–Crippen LogP) is 3.71. The molecule has 3 heteroatoms. The van der Waals surface area contributed by atoms with Gasteiger partial charge in [-0.1, -0.05) is 12.1 Å². The van der Waals surface area contributed by atoms with E-state index in [1.807, 2.05) is 30.5 Å². The average Bonchev–Trinajstić information content (AvgIpc) is 3.22. The van der Waals surface area contributed by atoms with Crippen LogP contribution in [0.4, 0.5) is 0 Å². The van der Waals surface area contributed by atoms with Gasteiger partial charge in [-0.05, 0) is 51.0 Å². The molecule has 0 radical (unpaired) electrons. The van der Waals surface area contributed by atoms with Crippen molar-refractivity contribution in [3.63, 3.8) is 0 Å². The van der Waals surface area contributed by atoms with E-state index in [0.29, 0.717) is 12.6 Å². The van der Waals surface area contributed by atoms with Gasteiger partial charge in [0.2, 0.25) is 0 Å². The number of hydrogen-bond acceptors (Lipinski definition) is 3. The lowest BCUT2D eigenvalue weighted by molar-refractivity contribution is 0.0900. The molecular formula is C16H23NOS. The van der Waals surface area contributed by atoms with Gasteiger partial charge in [0.25, 0.3) is 0 Å². The van der Waals surface area contributed by atoms with E-state index < -0.39 is 0 Å². The van der Waals surface area contributed by atoms with Gasteiger partial charge in [-0.25, -0.2) is 0 Å². The fourth-order valence-electron chi connectivity index (χ4n) is 2.14. The molecule has 2 nitrogen and oxygen atoms in total. The molecule has 1 aromatic rings. The lowest BCUT2D eigenvalue weighted by Crippen LogP contribution is -2.37. The monoisotopic (exact) mass is 277 g/mol. The summed E-state index contributed by atoms with van der Waals surface area (Å²) < 4.78 is 0. The fourth-order valence-corrected chi connectivity index (χ4v) is 2.55. The summed E-state index contributed by atoms with van der Waals surface area (Å²) >= 11 is 1.70. The van der Waals surface area contributed by atoms with Crippen molar-refractivity contribution in [2.24, 2.45) is 5.92 Å². The molecule has 104 valence electrons. The van der Waals surface area contributed by atoms with Crippen LogP contribution in [-0.4, -0.2) is 36.1 Å². The van der Waals surface area contributed by atoms with E-state index >= 15 is 0 Å². The standard InChI is InChI=1S/C16H23NOS/c1-12(2)17(10-13-4-5-13)11-16(18)14-6-8-15(19-3)9-7-14/h6-9,12-13H,4-5,10-11H2,1-3H3. The average molecular weight is 277 g/mol. The highest BCUT2D eigenvalue weighted by atomic mass is 32.2. The molecule has 0 amide bonds. The second-order valence-electron chi connectivity index (χ2n) is 5.62. The molecule has 0 spiro atoms. The Morgan fingerprint density at radius 3 is 2.42 bits per heavy atom. The Balaban J connectivity index is 1.96. The number of carbonyl (C=O) groups excluding carboxylic acids is 1. The van der Waals surface area contributed by atoms with Crippen molar-refractivity contribution >= 4 is 17.5 Å². The van der Waals surface area contributed by atoms with Crippen LogP contribution in [0.25, 0.3) is 0 Å². The van der Waals surface area contributed by atoms with Gasteiger partial charge < -0.3 is 0 Å². The minimum Gasteiger partial charge on any atom is -0.293 e. The summed E-state index contributed by atoms with van der Waals surface area (Å²) in [6, 6.07) is 8.39. The molecule has 0 atom stereocenters. The second-order valence-corrected chi connectivity index (χ2v) is 6.50. The zero-order valence-corrected chi connectivity index (χ0v) is 12.9. The number of carbonyl (C=O) groups is 1. The van der Waals surface area contributed by atoms with Crippen LogP contribution in [0.1, 0.15) is 37.0 Å². The van der Waals surface area contributed by atoms with Crippen LogP contribution >= 0.6 is 11.8 Å². The van der Waals surface area contributed by atoms with Crippen molar-refractivity contribution in [2.75, 3.05) is 19.3 Å². The van der Waals surface area contributed by atoms with Crippen LogP contribution in [0.2, 0.25) is 0 Å². The van der Waals surface area contributed by atoms with Crippen LogP contribution in [0.15, 0.2) is 29.2 Å². The number of hydrogen-bond donors (Lipinski definition) is 0. The van der Waals surface area contributed by atoms with Crippen molar-refractivity contribution in [3.05, 3.63) is 29.8 Å². The van der Waals surface area contributed by atoms with E-state index in [9.17, 15) is 4.79 Å². The Kier molecular flexibility index (Phi) is 5.06. The predicted molar refractivity (Wildman–Crippen MR) is 82.0 cm³/mol. The third-order valence-corrected chi connectivity index (χ3v) is 4.42. The highest BCUT2D eigenvalue weighted by Gasteiger charge is 2.26. The first-order valence-corrected chi connectivity index (χ1v) is 8.24. The van der Waals surface area contributed by atoms with Crippen molar-refractivity contribution in [2.45, 2.75) is 37.6 Å². The smallest absolute Gasteiger partial charge is 0.176 e. The molecule has 0 N–H and O–H groups in total. The van der Waals surface area contributed by atoms with Crippen LogP contribution in [-0.2, 0) is 0 Å². The molecule has 0 aromatic heterocycles. The van der Waals surface area contributed by atoms with Gasteiger partial charge in [-0.3, -0.25) is 9.69 Å². The van der Waals surface area contributed by atoms with Crippen molar-refractivity contribution in [1.82, 2.24) is 4.90 Å². The van der Waals surface area contributed by atoms with E-state index in [1.165, 1.54) is 17.7 Å². The maximum Gasteiger partial charge on any atom is 0.176 e. The molecule has 1 aromatic carbocycles. The first-order chi connectivity index (χ1) is 9.10. The van der Waals surface area contributed by atoms with E-state index in [0.717, 1.165) is 18.0 Å². The summed E-state index contributed by atoms with van der Waals surface area (Å²) in [4.78, 5) is 15.8. The lowest BCUT2D eigenvalue weighted by atomic mass is 10.1. The zero-order chi connectivity index (χ0) is 13.8. The van der Waals surface area contributed by atoms with Gasteiger partial charge in [0.1, 0.15) is 0 Å². The highest BCUT2D eigenvalue weighted by molar-refractivity contribution is 7.98. The molecule has 1 aliphatic carbocycles. The summed E-state index contributed by atoms with van der Waals surface area (Å²) in [5.41, 5.74) is 0.833. The first kappa shape index (κ1) is 14.6. The van der Waals surface area contributed by atoms with Crippen LogP contribution in [0, 0.1) is 5.92 Å². The summed E-state index contributed by atoms with van der Waals surface area (Å²) in [6.07, 6.45) is 4.71. The molecule has 19 heavy (non-hydrogen) atoms. The van der Waals surface area contributed by atoms with Gasteiger partial charge >= 0.3 is 0 Å². The molecule has 1 saturated carbocycles.